The van der Waals surface area contributed by atoms with Gasteiger partial charge in [0.05, 0.1) is 22.2 Å². The lowest BCUT2D eigenvalue weighted by atomic mass is 9.98. The minimum Gasteiger partial charge on any atom is -0.506 e. The number of phenols is 1. The number of fused-ring (bicyclic) bond motifs is 1. The lowest BCUT2D eigenvalue weighted by Crippen LogP contribution is -2.27. The lowest BCUT2D eigenvalue weighted by Gasteiger charge is -2.13. The first-order chi connectivity index (χ1) is 16.4. The largest absolute Gasteiger partial charge is 0.506 e. The summed E-state index contributed by atoms with van der Waals surface area (Å²) < 4.78 is 5.03. The number of methoxy groups -OCH3 is 1. The number of anilines is 1. The number of rotatable bonds is 8. The van der Waals surface area contributed by atoms with Crippen LogP contribution < -0.4 is 10.6 Å². The monoisotopic (exact) mass is 495 g/mol. The standard InChI is InChI=1S/C26H23Cl2N3O3/c1-34-9-8-30-26(33)19-11-16(15-31-20-3-5-23(28)25(32)14-20)10-18(12-19)17-2-4-21-22(27)6-7-29-24(21)13-17/h2-7,10-14,31-32H,8-9,15H2,1H3,(H,30,33). The fourth-order valence-electron chi connectivity index (χ4n) is 3.58. The van der Waals surface area contributed by atoms with Crippen molar-refractivity contribution in [3.8, 4) is 16.9 Å². The quantitative estimate of drug-likeness (QED) is 0.265. The predicted octanol–water partition coefficient (Wildman–Crippen LogP) is 5.90. The van der Waals surface area contributed by atoms with E-state index < -0.39 is 0 Å². The van der Waals surface area contributed by atoms with Gasteiger partial charge in [0.15, 0.2) is 0 Å². The summed E-state index contributed by atoms with van der Waals surface area (Å²) in [6.45, 7) is 1.28. The van der Waals surface area contributed by atoms with Crippen molar-refractivity contribution >= 4 is 45.7 Å². The average Bonchev–Trinajstić information content (AvgIpc) is 2.84. The number of nitrogens with one attached hydrogen (secondary N) is 2. The van der Waals surface area contributed by atoms with E-state index in [1.807, 2.05) is 36.4 Å². The van der Waals surface area contributed by atoms with Crippen molar-refractivity contribution in [2.75, 3.05) is 25.6 Å². The van der Waals surface area contributed by atoms with Crippen LogP contribution in [0.25, 0.3) is 22.0 Å². The first kappa shape index (κ1) is 23.8. The molecule has 4 rings (SSSR count). The second-order valence-electron chi connectivity index (χ2n) is 7.71. The number of phenolic OH excluding ortho intramolecular Hbond substituents is 1. The Morgan fingerprint density at radius 1 is 1.00 bits per heavy atom. The molecule has 3 aromatic carbocycles. The second kappa shape index (κ2) is 10.7. The van der Waals surface area contributed by atoms with E-state index in [4.69, 9.17) is 27.9 Å². The number of carbonyl (C=O) groups excluding carboxylic acids is 1. The van der Waals surface area contributed by atoms with Gasteiger partial charge >= 0.3 is 0 Å². The zero-order valence-electron chi connectivity index (χ0n) is 18.4. The highest BCUT2D eigenvalue weighted by Gasteiger charge is 2.12. The zero-order chi connectivity index (χ0) is 24.1. The minimum absolute atomic E-state index is 0.000881. The van der Waals surface area contributed by atoms with Gasteiger partial charge in [0.2, 0.25) is 0 Å². The van der Waals surface area contributed by atoms with E-state index in [1.54, 1.807) is 37.6 Å². The van der Waals surface area contributed by atoms with Crippen LogP contribution in [0.15, 0.2) is 66.9 Å². The Labute approximate surface area is 207 Å². The third-order valence-electron chi connectivity index (χ3n) is 5.31. The van der Waals surface area contributed by atoms with Gasteiger partial charge in [-0.1, -0.05) is 35.3 Å². The molecule has 8 heteroatoms. The Morgan fingerprint density at radius 2 is 1.85 bits per heavy atom. The first-order valence-electron chi connectivity index (χ1n) is 10.6. The van der Waals surface area contributed by atoms with Crippen LogP contribution in [0.2, 0.25) is 10.0 Å². The topological polar surface area (TPSA) is 83.5 Å². The van der Waals surface area contributed by atoms with E-state index in [1.165, 1.54) is 0 Å². The number of hydrogen-bond donors (Lipinski definition) is 3. The van der Waals surface area contributed by atoms with Crippen molar-refractivity contribution in [1.82, 2.24) is 10.3 Å². The van der Waals surface area contributed by atoms with Crippen LogP contribution in [0.3, 0.4) is 0 Å². The second-order valence-corrected chi connectivity index (χ2v) is 8.53. The smallest absolute Gasteiger partial charge is 0.251 e. The van der Waals surface area contributed by atoms with Crippen LogP contribution in [-0.2, 0) is 11.3 Å². The maximum atomic E-state index is 12.8. The number of pyridine rings is 1. The Balaban J connectivity index is 1.67. The molecule has 0 atom stereocenters. The molecule has 1 amide bonds. The van der Waals surface area contributed by atoms with Crippen LogP contribution in [0.1, 0.15) is 15.9 Å². The van der Waals surface area contributed by atoms with E-state index in [0.29, 0.717) is 36.0 Å². The number of aromatic hydroxyl groups is 1. The van der Waals surface area contributed by atoms with E-state index in [2.05, 4.69) is 15.6 Å². The molecule has 0 radical (unpaired) electrons. The van der Waals surface area contributed by atoms with Crippen molar-refractivity contribution in [3.05, 3.63) is 88.0 Å². The third-order valence-corrected chi connectivity index (χ3v) is 5.96. The molecule has 0 aliphatic carbocycles. The van der Waals surface area contributed by atoms with Crippen molar-refractivity contribution in [2.45, 2.75) is 6.54 Å². The molecule has 0 aliphatic rings. The molecule has 174 valence electrons. The van der Waals surface area contributed by atoms with Gasteiger partial charge in [0, 0.05) is 49.1 Å². The van der Waals surface area contributed by atoms with Gasteiger partial charge < -0.3 is 20.5 Å². The summed E-state index contributed by atoms with van der Waals surface area (Å²) in [6, 6.07) is 18.3. The molecule has 3 N–H and O–H groups in total. The van der Waals surface area contributed by atoms with Crippen molar-refractivity contribution in [2.24, 2.45) is 0 Å². The van der Waals surface area contributed by atoms with Gasteiger partial charge in [-0.15, -0.1) is 0 Å². The molecule has 4 aromatic rings. The summed E-state index contributed by atoms with van der Waals surface area (Å²) in [7, 11) is 1.59. The Morgan fingerprint density at radius 3 is 2.65 bits per heavy atom. The van der Waals surface area contributed by atoms with Crippen molar-refractivity contribution in [1.29, 1.82) is 0 Å². The number of ether oxygens (including phenoxy) is 1. The highest BCUT2D eigenvalue weighted by Crippen LogP contribution is 2.30. The highest BCUT2D eigenvalue weighted by atomic mass is 35.5. The first-order valence-corrected chi connectivity index (χ1v) is 11.4. The number of aromatic nitrogens is 1. The van der Waals surface area contributed by atoms with Crippen LogP contribution in [0.5, 0.6) is 5.75 Å². The van der Waals surface area contributed by atoms with Crippen LogP contribution in [0, 0.1) is 0 Å². The molecule has 1 aromatic heterocycles. The third kappa shape index (κ3) is 5.59. The summed E-state index contributed by atoms with van der Waals surface area (Å²) in [5.74, 6) is -0.188. The molecule has 6 nitrogen and oxygen atoms in total. The average molecular weight is 496 g/mol. The van der Waals surface area contributed by atoms with Crippen molar-refractivity contribution in [3.63, 3.8) is 0 Å². The van der Waals surface area contributed by atoms with Crippen LogP contribution in [0.4, 0.5) is 5.69 Å². The molecular formula is C26H23Cl2N3O3. The van der Waals surface area contributed by atoms with Gasteiger partial charge in [0.25, 0.3) is 5.91 Å². The molecule has 0 saturated carbocycles. The van der Waals surface area contributed by atoms with E-state index in [9.17, 15) is 9.90 Å². The van der Waals surface area contributed by atoms with Gasteiger partial charge in [-0.05, 0) is 59.2 Å². The zero-order valence-corrected chi connectivity index (χ0v) is 20.0. The van der Waals surface area contributed by atoms with Crippen LogP contribution >= 0.6 is 23.2 Å². The number of amides is 1. The van der Waals surface area contributed by atoms with Gasteiger partial charge in [-0.3, -0.25) is 9.78 Å². The number of nitrogens with zero attached hydrogens (tertiary/aromatic N) is 1. The Hall–Kier alpha value is -3.32. The number of carbonyl (C=O) groups is 1. The molecule has 0 unspecified atom stereocenters. The van der Waals surface area contributed by atoms with E-state index >= 15 is 0 Å². The minimum atomic E-state index is -0.189. The Kier molecular flexibility index (Phi) is 7.53. The molecule has 0 fully saturated rings. The molecule has 0 aliphatic heterocycles. The summed E-state index contributed by atoms with van der Waals surface area (Å²) in [5, 5.41) is 17.8. The maximum Gasteiger partial charge on any atom is 0.251 e. The number of halogens is 2. The summed E-state index contributed by atoms with van der Waals surface area (Å²) >= 11 is 12.2. The molecule has 0 spiro atoms. The van der Waals surface area contributed by atoms with E-state index in [0.717, 1.165) is 27.6 Å². The molecule has 34 heavy (non-hydrogen) atoms. The fourth-order valence-corrected chi connectivity index (χ4v) is 3.91. The van der Waals surface area contributed by atoms with Gasteiger partial charge in [0.1, 0.15) is 5.75 Å². The molecule has 1 heterocycles. The van der Waals surface area contributed by atoms with Crippen molar-refractivity contribution < 1.29 is 14.6 Å². The molecule has 0 saturated heterocycles. The summed E-state index contributed by atoms with van der Waals surface area (Å²) in [6.07, 6.45) is 1.67. The summed E-state index contributed by atoms with van der Waals surface area (Å²) in [5.41, 5.74) is 4.70. The predicted molar refractivity (Wildman–Crippen MR) is 137 cm³/mol. The van der Waals surface area contributed by atoms with Gasteiger partial charge in [-0.25, -0.2) is 0 Å². The highest BCUT2D eigenvalue weighted by molar-refractivity contribution is 6.35. The van der Waals surface area contributed by atoms with Crippen LogP contribution in [-0.4, -0.2) is 36.3 Å². The molecular weight excluding hydrogens is 473 g/mol. The maximum absolute atomic E-state index is 12.8. The number of benzene rings is 3. The normalized spacial score (nSPS) is 10.9. The molecule has 0 bridgehead atoms. The summed E-state index contributed by atoms with van der Waals surface area (Å²) in [4.78, 5) is 17.2. The lowest BCUT2D eigenvalue weighted by molar-refractivity contribution is 0.0937. The number of hydrogen-bond acceptors (Lipinski definition) is 5. The van der Waals surface area contributed by atoms with E-state index in [-0.39, 0.29) is 16.7 Å². The van der Waals surface area contributed by atoms with Gasteiger partial charge in [-0.2, -0.15) is 0 Å². The SMILES string of the molecule is COCCNC(=O)c1cc(CNc2ccc(Cl)c(O)c2)cc(-c2ccc3c(Cl)ccnc3c2)c1. The Bertz CT molecular complexity index is 1340. The fraction of sp³-hybridized carbons (Fsp3) is 0.154.